The number of amides is 1. The van der Waals surface area contributed by atoms with Gasteiger partial charge in [0.15, 0.2) is 0 Å². The summed E-state index contributed by atoms with van der Waals surface area (Å²) in [6, 6.07) is 5.66. The fraction of sp³-hybridized carbons (Fsp3) is 0.562. The molecule has 124 valence electrons. The minimum atomic E-state index is -0.668. The van der Waals surface area contributed by atoms with Crippen LogP contribution < -0.4 is 20.5 Å². The molecule has 3 N–H and O–H groups in total. The van der Waals surface area contributed by atoms with Crippen LogP contribution in [0.15, 0.2) is 18.2 Å². The van der Waals surface area contributed by atoms with E-state index in [1.54, 1.807) is 14.2 Å². The Bertz CT molecular complexity index is 502. The Kier molecular flexibility index (Phi) is 6.97. The van der Waals surface area contributed by atoms with Gasteiger partial charge in [0.05, 0.1) is 19.8 Å². The van der Waals surface area contributed by atoms with E-state index in [1.165, 1.54) is 0 Å². The topological polar surface area (TPSA) is 73.6 Å². The molecule has 22 heavy (non-hydrogen) atoms. The standard InChI is InChI=1S/C16H24N2O3.ClH/c1-20-13-5-6-14(21-2)12(11-13)7-10-18-15(19)16(17)8-3-4-9-16;/h5-6,11H,3-4,7-10,17H2,1-2H3,(H,18,19);1H. The summed E-state index contributed by atoms with van der Waals surface area (Å²) in [6.45, 7) is 0.543. The second kappa shape index (κ2) is 8.25. The fourth-order valence-electron chi connectivity index (χ4n) is 2.80. The Balaban J connectivity index is 0.00000242. The van der Waals surface area contributed by atoms with Gasteiger partial charge in [-0.05, 0) is 43.0 Å². The lowest BCUT2D eigenvalue weighted by molar-refractivity contribution is -0.126. The highest BCUT2D eigenvalue weighted by atomic mass is 35.5. The van der Waals surface area contributed by atoms with Crippen LogP contribution in [0.2, 0.25) is 0 Å². The molecule has 0 unspecified atom stereocenters. The smallest absolute Gasteiger partial charge is 0.240 e. The molecule has 0 aromatic heterocycles. The van der Waals surface area contributed by atoms with E-state index in [9.17, 15) is 4.79 Å². The number of nitrogens with one attached hydrogen (secondary N) is 1. The monoisotopic (exact) mass is 328 g/mol. The van der Waals surface area contributed by atoms with Crippen LogP contribution in [-0.4, -0.2) is 32.2 Å². The normalized spacial score (nSPS) is 15.8. The van der Waals surface area contributed by atoms with Crippen LogP contribution in [0, 0.1) is 0 Å². The van der Waals surface area contributed by atoms with E-state index in [4.69, 9.17) is 15.2 Å². The van der Waals surface area contributed by atoms with Gasteiger partial charge >= 0.3 is 0 Å². The van der Waals surface area contributed by atoms with Crippen LogP contribution in [0.5, 0.6) is 11.5 Å². The van der Waals surface area contributed by atoms with E-state index in [0.29, 0.717) is 13.0 Å². The Morgan fingerprint density at radius 2 is 1.95 bits per heavy atom. The van der Waals surface area contributed by atoms with Gasteiger partial charge in [-0.25, -0.2) is 0 Å². The van der Waals surface area contributed by atoms with Crippen LogP contribution in [0.1, 0.15) is 31.2 Å². The molecule has 1 aromatic carbocycles. The third-order valence-corrected chi connectivity index (χ3v) is 4.12. The summed E-state index contributed by atoms with van der Waals surface area (Å²) in [5.41, 5.74) is 6.47. The summed E-state index contributed by atoms with van der Waals surface area (Å²) in [6.07, 6.45) is 4.31. The predicted molar refractivity (Wildman–Crippen MR) is 88.9 cm³/mol. The van der Waals surface area contributed by atoms with Crippen LogP contribution >= 0.6 is 12.4 Å². The van der Waals surface area contributed by atoms with Crippen molar-refractivity contribution < 1.29 is 14.3 Å². The van der Waals surface area contributed by atoms with E-state index in [2.05, 4.69) is 5.32 Å². The third kappa shape index (κ3) is 4.27. The maximum absolute atomic E-state index is 12.1. The lowest BCUT2D eigenvalue weighted by Crippen LogP contribution is -2.52. The quantitative estimate of drug-likeness (QED) is 0.838. The third-order valence-electron chi connectivity index (χ3n) is 4.12. The number of benzene rings is 1. The second-order valence-corrected chi connectivity index (χ2v) is 5.55. The molecular formula is C16H25ClN2O3. The van der Waals surface area contributed by atoms with E-state index < -0.39 is 5.54 Å². The maximum atomic E-state index is 12.1. The number of rotatable bonds is 6. The van der Waals surface area contributed by atoms with Crippen LogP contribution in [0.3, 0.4) is 0 Å². The molecule has 0 bridgehead atoms. The largest absolute Gasteiger partial charge is 0.497 e. The molecule has 0 radical (unpaired) electrons. The van der Waals surface area contributed by atoms with Crippen LogP contribution in [0.25, 0.3) is 0 Å². The minimum Gasteiger partial charge on any atom is -0.497 e. The zero-order valence-corrected chi connectivity index (χ0v) is 14.0. The molecule has 0 aliphatic heterocycles. The Morgan fingerprint density at radius 1 is 1.27 bits per heavy atom. The number of carbonyl (C=O) groups excluding carboxylic acids is 1. The molecule has 1 aliphatic carbocycles. The van der Waals surface area contributed by atoms with Gasteiger partial charge in [-0.1, -0.05) is 12.8 Å². The zero-order valence-electron chi connectivity index (χ0n) is 13.2. The van der Waals surface area contributed by atoms with Crippen molar-refractivity contribution in [2.45, 2.75) is 37.6 Å². The van der Waals surface area contributed by atoms with Gasteiger partial charge in [0.2, 0.25) is 5.91 Å². The van der Waals surface area contributed by atoms with Gasteiger partial charge in [-0.3, -0.25) is 4.79 Å². The lowest BCUT2D eigenvalue weighted by Gasteiger charge is -2.22. The molecule has 5 nitrogen and oxygen atoms in total. The van der Waals surface area contributed by atoms with Crippen molar-refractivity contribution in [2.24, 2.45) is 5.73 Å². The number of methoxy groups -OCH3 is 2. The Labute approximate surface area is 138 Å². The number of hydrogen-bond acceptors (Lipinski definition) is 4. The lowest BCUT2D eigenvalue weighted by atomic mass is 9.98. The average molecular weight is 329 g/mol. The molecule has 0 saturated heterocycles. The van der Waals surface area contributed by atoms with Gasteiger partial charge in [0, 0.05) is 6.54 Å². The highest BCUT2D eigenvalue weighted by Gasteiger charge is 2.36. The maximum Gasteiger partial charge on any atom is 0.240 e. The molecule has 0 heterocycles. The summed E-state index contributed by atoms with van der Waals surface area (Å²) in [4.78, 5) is 12.1. The molecule has 1 saturated carbocycles. The van der Waals surface area contributed by atoms with Crippen molar-refractivity contribution in [3.63, 3.8) is 0 Å². The van der Waals surface area contributed by atoms with E-state index in [1.807, 2.05) is 18.2 Å². The van der Waals surface area contributed by atoms with Crippen molar-refractivity contribution >= 4 is 18.3 Å². The molecule has 1 aliphatic rings. The number of ether oxygens (including phenoxy) is 2. The Morgan fingerprint density at radius 3 is 2.55 bits per heavy atom. The molecule has 2 rings (SSSR count). The van der Waals surface area contributed by atoms with Crippen molar-refractivity contribution in [2.75, 3.05) is 20.8 Å². The van der Waals surface area contributed by atoms with Crippen molar-refractivity contribution in [1.82, 2.24) is 5.32 Å². The molecule has 6 heteroatoms. The first-order chi connectivity index (χ1) is 10.1. The van der Waals surface area contributed by atoms with Crippen molar-refractivity contribution in [3.05, 3.63) is 23.8 Å². The van der Waals surface area contributed by atoms with Gasteiger partial charge in [0.25, 0.3) is 0 Å². The molecule has 1 fully saturated rings. The number of nitrogens with two attached hydrogens (primary N) is 1. The summed E-state index contributed by atoms with van der Waals surface area (Å²) >= 11 is 0. The first kappa shape index (κ1) is 18.6. The molecule has 0 atom stereocenters. The molecule has 1 amide bonds. The highest BCUT2D eigenvalue weighted by Crippen LogP contribution is 2.27. The second-order valence-electron chi connectivity index (χ2n) is 5.55. The fourth-order valence-corrected chi connectivity index (χ4v) is 2.80. The van der Waals surface area contributed by atoms with Crippen molar-refractivity contribution in [3.8, 4) is 11.5 Å². The predicted octanol–water partition coefficient (Wildman–Crippen LogP) is 2.06. The van der Waals surface area contributed by atoms with Gasteiger partial charge < -0.3 is 20.5 Å². The van der Waals surface area contributed by atoms with Crippen molar-refractivity contribution in [1.29, 1.82) is 0 Å². The van der Waals surface area contributed by atoms with E-state index in [0.717, 1.165) is 42.7 Å². The number of carbonyl (C=O) groups is 1. The van der Waals surface area contributed by atoms with Crippen LogP contribution in [0.4, 0.5) is 0 Å². The highest BCUT2D eigenvalue weighted by molar-refractivity contribution is 5.86. The van der Waals surface area contributed by atoms with E-state index >= 15 is 0 Å². The zero-order chi connectivity index (χ0) is 15.3. The first-order valence-corrected chi connectivity index (χ1v) is 7.37. The minimum absolute atomic E-state index is 0. The molecule has 0 spiro atoms. The van der Waals surface area contributed by atoms with Gasteiger partial charge in [0.1, 0.15) is 11.5 Å². The SMILES string of the molecule is COc1ccc(OC)c(CCNC(=O)C2(N)CCCC2)c1.Cl. The summed E-state index contributed by atoms with van der Waals surface area (Å²) in [5, 5.41) is 2.94. The van der Waals surface area contributed by atoms with E-state index in [-0.39, 0.29) is 18.3 Å². The number of halogens is 1. The summed E-state index contributed by atoms with van der Waals surface area (Å²) < 4.78 is 10.5. The number of hydrogen-bond donors (Lipinski definition) is 2. The van der Waals surface area contributed by atoms with Gasteiger partial charge in [-0.15, -0.1) is 12.4 Å². The Hall–Kier alpha value is -1.46. The summed E-state index contributed by atoms with van der Waals surface area (Å²) in [5.74, 6) is 1.54. The van der Waals surface area contributed by atoms with Gasteiger partial charge in [-0.2, -0.15) is 0 Å². The summed E-state index contributed by atoms with van der Waals surface area (Å²) in [7, 11) is 3.27. The van der Waals surface area contributed by atoms with Crippen LogP contribution in [-0.2, 0) is 11.2 Å². The average Bonchev–Trinajstić information content (AvgIpc) is 2.95. The first-order valence-electron chi connectivity index (χ1n) is 7.37. The molecular weight excluding hydrogens is 304 g/mol. The molecule has 1 aromatic rings.